The van der Waals surface area contributed by atoms with Crippen molar-refractivity contribution >= 4 is 69.7 Å². The fourth-order valence-electron chi connectivity index (χ4n) is 1.98. The SMILES string of the molecule is Cl.O=C(CCN1CCOCC1)N/N=C/c1cc(I)c(O)c(I)c1. The lowest BCUT2D eigenvalue weighted by Gasteiger charge is -2.25. The van der Waals surface area contributed by atoms with E-state index in [1.165, 1.54) is 0 Å². The lowest BCUT2D eigenvalue weighted by atomic mass is 10.2. The molecule has 0 spiro atoms. The van der Waals surface area contributed by atoms with Crippen molar-refractivity contribution in [3.63, 3.8) is 0 Å². The normalized spacial score (nSPS) is 15.4. The van der Waals surface area contributed by atoms with Crippen LogP contribution in [0.2, 0.25) is 0 Å². The molecule has 0 saturated carbocycles. The molecule has 1 heterocycles. The second-order valence-corrected chi connectivity index (χ2v) is 7.15. The molecule has 0 bridgehead atoms. The molecule has 9 heteroatoms. The summed E-state index contributed by atoms with van der Waals surface area (Å²) in [5, 5.41) is 13.7. The average Bonchev–Trinajstić information content (AvgIpc) is 2.51. The van der Waals surface area contributed by atoms with Gasteiger partial charge in [-0.2, -0.15) is 5.10 Å². The highest BCUT2D eigenvalue weighted by Crippen LogP contribution is 2.26. The predicted octanol–water partition coefficient (Wildman–Crippen LogP) is 2.20. The summed E-state index contributed by atoms with van der Waals surface area (Å²) in [6, 6.07) is 3.61. The Morgan fingerprint density at radius 3 is 2.57 bits per heavy atom. The highest BCUT2D eigenvalue weighted by atomic mass is 127. The van der Waals surface area contributed by atoms with E-state index in [0.717, 1.165) is 45.6 Å². The largest absolute Gasteiger partial charge is 0.506 e. The number of phenols is 1. The summed E-state index contributed by atoms with van der Waals surface area (Å²) < 4.78 is 6.77. The number of morpholine rings is 1. The van der Waals surface area contributed by atoms with Crippen molar-refractivity contribution in [2.75, 3.05) is 32.8 Å². The molecule has 1 saturated heterocycles. The Hall–Kier alpha value is -0.170. The van der Waals surface area contributed by atoms with Gasteiger partial charge < -0.3 is 9.84 Å². The van der Waals surface area contributed by atoms with Crippen LogP contribution in [0.4, 0.5) is 0 Å². The Bertz CT molecular complexity index is 543. The minimum absolute atomic E-state index is 0. The predicted molar refractivity (Wildman–Crippen MR) is 108 cm³/mol. The number of carbonyl (C=O) groups is 1. The zero-order chi connectivity index (χ0) is 15.9. The van der Waals surface area contributed by atoms with Crippen LogP contribution in [-0.4, -0.2) is 55.0 Å². The van der Waals surface area contributed by atoms with Crippen LogP contribution in [0.15, 0.2) is 17.2 Å². The second kappa shape index (κ2) is 10.6. The van der Waals surface area contributed by atoms with E-state index in [4.69, 9.17) is 4.74 Å². The first-order valence-corrected chi connectivity index (χ1v) is 9.02. The van der Waals surface area contributed by atoms with Gasteiger partial charge in [0.2, 0.25) is 5.91 Å². The molecular formula is C14H18ClI2N3O3. The molecule has 23 heavy (non-hydrogen) atoms. The molecule has 128 valence electrons. The van der Waals surface area contributed by atoms with Crippen molar-refractivity contribution in [3.05, 3.63) is 24.8 Å². The van der Waals surface area contributed by atoms with Gasteiger partial charge in [-0.3, -0.25) is 9.69 Å². The maximum atomic E-state index is 11.7. The second-order valence-electron chi connectivity index (χ2n) is 4.83. The van der Waals surface area contributed by atoms with Crippen LogP contribution in [0.1, 0.15) is 12.0 Å². The van der Waals surface area contributed by atoms with Crippen LogP contribution in [0.5, 0.6) is 5.75 Å². The summed E-state index contributed by atoms with van der Waals surface area (Å²) in [7, 11) is 0. The first kappa shape index (κ1) is 20.9. The Morgan fingerprint density at radius 2 is 1.96 bits per heavy atom. The van der Waals surface area contributed by atoms with Gasteiger partial charge in [-0.1, -0.05) is 0 Å². The quantitative estimate of drug-likeness (QED) is 0.326. The first-order valence-electron chi connectivity index (χ1n) is 6.86. The number of nitrogens with zero attached hydrogens (tertiary/aromatic N) is 2. The fraction of sp³-hybridized carbons (Fsp3) is 0.429. The molecule has 0 unspecified atom stereocenters. The fourth-order valence-corrected chi connectivity index (χ4v) is 3.80. The Labute approximate surface area is 168 Å². The number of hydrazone groups is 1. The van der Waals surface area contributed by atoms with E-state index in [1.54, 1.807) is 18.3 Å². The van der Waals surface area contributed by atoms with Crippen LogP contribution in [0.3, 0.4) is 0 Å². The van der Waals surface area contributed by atoms with Gasteiger partial charge in [0.05, 0.1) is 26.6 Å². The van der Waals surface area contributed by atoms with Gasteiger partial charge in [0, 0.05) is 26.1 Å². The molecule has 2 N–H and O–H groups in total. The van der Waals surface area contributed by atoms with E-state index in [0.29, 0.717) is 6.42 Å². The summed E-state index contributed by atoms with van der Waals surface area (Å²) in [5.41, 5.74) is 3.36. The lowest BCUT2D eigenvalue weighted by molar-refractivity contribution is -0.121. The Balaban J connectivity index is 0.00000264. The third-order valence-electron chi connectivity index (χ3n) is 3.20. The molecule has 1 amide bonds. The summed E-state index contributed by atoms with van der Waals surface area (Å²) in [6.07, 6.45) is 2.00. The summed E-state index contributed by atoms with van der Waals surface area (Å²) in [4.78, 5) is 13.9. The number of phenolic OH excluding ortho intramolecular Hbond substituents is 1. The standard InChI is InChI=1S/C14H17I2N3O3.ClH/c15-11-7-10(8-12(16)14(11)21)9-17-18-13(20)1-2-19-3-5-22-6-4-19;/h7-9,21H,1-6H2,(H,18,20);1H/b17-9+;. The highest BCUT2D eigenvalue weighted by molar-refractivity contribution is 14.1. The smallest absolute Gasteiger partial charge is 0.241 e. The van der Waals surface area contributed by atoms with Gasteiger partial charge in [0.1, 0.15) is 5.75 Å². The van der Waals surface area contributed by atoms with Crippen LogP contribution in [0.25, 0.3) is 0 Å². The van der Waals surface area contributed by atoms with E-state index in [1.807, 2.05) is 0 Å². The number of rotatable bonds is 5. The van der Waals surface area contributed by atoms with E-state index < -0.39 is 0 Å². The van der Waals surface area contributed by atoms with Crippen LogP contribution >= 0.6 is 57.6 Å². The van der Waals surface area contributed by atoms with Crippen molar-refractivity contribution < 1.29 is 14.6 Å². The molecule has 1 fully saturated rings. The number of hydrogen-bond donors (Lipinski definition) is 2. The zero-order valence-electron chi connectivity index (χ0n) is 12.3. The highest BCUT2D eigenvalue weighted by Gasteiger charge is 2.11. The monoisotopic (exact) mass is 565 g/mol. The number of ether oxygens (including phenoxy) is 1. The Morgan fingerprint density at radius 1 is 1.35 bits per heavy atom. The van der Waals surface area contributed by atoms with Crippen molar-refractivity contribution in [2.45, 2.75) is 6.42 Å². The van der Waals surface area contributed by atoms with Gasteiger partial charge in [0.15, 0.2) is 0 Å². The Kier molecular flexibility index (Phi) is 9.66. The minimum Gasteiger partial charge on any atom is -0.506 e. The molecule has 1 aromatic carbocycles. The summed E-state index contributed by atoms with van der Waals surface area (Å²) in [6.45, 7) is 3.94. The number of aromatic hydroxyl groups is 1. The third kappa shape index (κ3) is 7.08. The van der Waals surface area contributed by atoms with Crippen molar-refractivity contribution in [2.24, 2.45) is 5.10 Å². The van der Waals surface area contributed by atoms with Gasteiger partial charge >= 0.3 is 0 Å². The maximum Gasteiger partial charge on any atom is 0.241 e. The summed E-state index contributed by atoms with van der Waals surface area (Å²) >= 11 is 4.12. The maximum absolute atomic E-state index is 11.7. The third-order valence-corrected chi connectivity index (χ3v) is 4.85. The van der Waals surface area contributed by atoms with Crippen LogP contribution in [0, 0.1) is 7.14 Å². The summed E-state index contributed by atoms with van der Waals surface area (Å²) in [5.74, 6) is 0.166. The van der Waals surface area contributed by atoms with Crippen molar-refractivity contribution in [1.82, 2.24) is 10.3 Å². The number of benzene rings is 1. The number of nitrogens with one attached hydrogen (secondary N) is 1. The van der Waals surface area contributed by atoms with E-state index in [-0.39, 0.29) is 24.1 Å². The number of carbonyl (C=O) groups excluding carboxylic acids is 1. The topological polar surface area (TPSA) is 74.2 Å². The molecule has 0 atom stereocenters. The van der Waals surface area contributed by atoms with Crippen LogP contribution in [-0.2, 0) is 9.53 Å². The van der Waals surface area contributed by atoms with Gasteiger partial charge in [-0.15, -0.1) is 12.4 Å². The van der Waals surface area contributed by atoms with Crippen molar-refractivity contribution in [1.29, 1.82) is 0 Å². The van der Waals surface area contributed by atoms with E-state index in [2.05, 4.69) is 60.6 Å². The molecule has 1 aliphatic heterocycles. The van der Waals surface area contributed by atoms with E-state index in [9.17, 15) is 9.90 Å². The van der Waals surface area contributed by atoms with Gasteiger partial charge in [0.25, 0.3) is 0 Å². The molecule has 1 aliphatic rings. The lowest BCUT2D eigenvalue weighted by Crippen LogP contribution is -2.38. The minimum atomic E-state index is -0.106. The number of amides is 1. The molecule has 1 aromatic rings. The molecule has 6 nitrogen and oxygen atoms in total. The first-order chi connectivity index (χ1) is 10.6. The molecule has 2 rings (SSSR count). The van der Waals surface area contributed by atoms with E-state index >= 15 is 0 Å². The average molecular weight is 566 g/mol. The van der Waals surface area contributed by atoms with Crippen molar-refractivity contribution in [3.8, 4) is 5.75 Å². The molecule has 0 radical (unpaired) electrons. The molecule has 0 aromatic heterocycles. The van der Waals surface area contributed by atoms with Crippen LogP contribution < -0.4 is 5.43 Å². The number of hydrogen-bond acceptors (Lipinski definition) is 5. The van der Waals surface area contributed by atoms with Gasteiger partial charge in [-0.05, 0) is 62.9 Å². The molecule has 0 aliphatic carbocycles. The zero-order valence-corrected chi connectivity index (χ0v) is 17.4. The molecular weight excluding hydrogens is 547 g/mol. The number of halogens is 3. The van der Waals surface area contributed by atoms with Gasteiger partial charge in [-0.25, -0.2) is 5.43 Å².